The zero-order chi connectivity index (χ0) is 13.2. The highest BCUT2D eigenvalue weighted by molar-refractivity contribution is 9.10. The van der Waals surface area contributed by atoms with E-state index in [1.807, 2.05) is 0 Å². The van der Waals surface area contributed by atoms with Crippen LogP contribution in [0.5, 0.6) is 0 Å². The molecule has 1 rings (SSSR count). The SMILES string of the molecule is CC(CN(C)S(=O)(=O)c1sccc1Br)C(N)=S. The van der Waals surface area contributed by atoms with Crippen molar-refractivity contribution in [2.75, 3.05) is 13.6 Å². The van der Waals surface area contributed by atoms with E-state index in [0.29, 0.717) is 13.7 Å². The summed E-state index contributed by atoms with van der Waals surface area (Å²) in [6.07, 6.45) is 0. The lowest BCUT2D eigenvalue weighted by Crippen LogP contribution is -2.35. The molecule has 0 aliphatic carbocycles. The zero-order valence-corrected chi connectivity index (χ0v) is 13.4. The minimum atomic E-state index is -3.47. The van der Waals surface area contributed by atoms with Gasteiger partial charge in [0, 0.05) is 24.0 Å². The predicted molar refractivity (Wildman–Crippen MR) is 77.8 cm³/mol. The first-order valence-corrected chi connectivity index (χ1v) is 8.27. The lowest BCUT2D eigenvalue weighted by atomic mass is 10.2. The molecule has 96 valence electrons. The lowest BCUT2D eigenvalue weighted by Gasteiger charge is -2.20. The molecule has 8 heteroatoms. The van der Waals surface area contributed by atoms with Crippen LogP contribution in [-0.2, 0) is 10.0 Å². The molecule has 1 heterocycles. The van der Waals surface area contributed by atoms with Gasteiger partial charge in [-0.3, -0.25) is 0 Å². The number of halogens is 1. The van der Waals surface area contributed by atoms with E-state index in [0.717, 1.165) is 0 Å². The predicted octanol–water partition coefficient (Wildman–Crippen LogP) is 2.05. The van der Waals surface area contributed by atoms with Crippen LogP contribution in [0.3, 0.4) is 0 Å². The van der Waals surface area contributed by atoms with E-state index in [4.69, 9.17) is 18.0 Å². The molecule has 17 heavy (non-hydrogen) atoms. The van der Waals surface area contributed by atoms with Crippen LogP contribution >= 0.6 is 39.5 Å². The first kappa shape index (κ1) is 15.0. The summed E-state index contributed by atoms with van der Waals surface area (Å²) >= 11 is 9.23. The van der Waals surface area contributed by atoms with Crippen molar-refractivity contribution in [1.82, 2.24) is 4.31 Å². The molecule has 0 saturated carbocycles. The molecule has 0 spiro atoms. The number of nitrogens with zero attached hydrogens (tertiary/aromatic N) is 1. The molecule has 0 fully saturated rings. The Morgan fingerprint density at radius 1 is 1.71 bits per heavy atom. The minimum Gasteiger partial charge on any atom is -0.393 e. The quantitative estimate of drug-likeness (QED) is 0.820. The van der Waals surface area contributed by atoms with Gasteiger partial charge in [0.1, 0.15) is 4.21 Å². The van der Waals surface area contributed by atoms with E-state index in [-0.39, 0.29) is 12.5 Å². The number of thiocarbonyl (C=S) groups is 1. The third kappa shape index (κ3) is 3.47. The number of hydrogen-bond acceptors (Lipinski definition) is 4. The molecule has 0 amide bonds. The van der Waals surface area contributed by atoms with Gasteiger partial charge in [-0.1, -0.05) is 19.1 Å². The zero-order valence-electron chi connectivity index (χ0n) is 9.38. The maximum Gasteiger partial charge on any atom is 0.253 e. The Kier molecular flexibility index (Phi) is 5.08. The highest BCUT2D eigenvalue weighted by atomic mass is 79.9. The Morgan fingerprint density at radius 2 is 2.29 bits per heavy atom. The van der Waals surface area contributed by atoms with Crippen LogP contribution in [-0.4, -0.2) is 31.3 Å². The van der Waals surface area contributed by atoms with Gasteiger partial charge in [-0.25, -0.2) is 8.42 Å². The third-order valence-electron chi connectivity index (χ3n) is 2.25. The van der Waals surface area contributed by atoms with Crippen LogP contribution in [0.1, 0.15) is 6.92 Å². The third-order valence-corrected chi connectivity index (χ3v) is 7.12. The van der Waals surface area contributed by atoms with Gasteiger partial charge in [-0.2, -0.15) is 4.31 Å². The summed E-state index contributed by atoms with van der Waals surface area (Å²) in [5, 5.41) is 1.72. The summed E-state index contributed by atoms with van der Waals surface area (Å²) in [7, 11) is -1.94. The Morgan fingerprint density at radius 3 is 2.71 bits per heavy atom. The van der Waals surface area contributed by atoms with E-state index in [2.05, 4.69) is 15.9 Å². The van der Waals surface area contributed by atoms with Gasteiger partial charge in [0.05, 0.1) is 4.99 Å². The van der Waals surface area contributed by atoms with Gasteiger partial charge in [-0.15, -0.1) is 11.3 Å². The largest absolute Gasteiger partial charge is 0.393 e. The molecule has 0 radical (unpaired) electrons. The first-order chi connectivity index (χ1) is 7.76. The summed E-state index contributed by atoms with van der Waals surface area (Å²) in [4.78, 5) is 0.317. The molecule has 0 aliphatic heterocycles. The topological polar surface area (TPSA) is 63.4 Å². The fourth-order valence-electron chi connectivity index (χ4n) is 1.18. The van der Waals surface area contributed by atoms with Crippen molar-refractivity contribution >= 4 is 54.5 Å². The lowest BCUT2D eigenvalue weighted by molar-refractivity contribution is 0.446. The maximum absolute atomic E-state index is 12.2. The molecule has 1 aromatic rings. The van der Waals surface area contributed by atoms with Crippen LogP contribution in [0.15, 0.2) is 20.1 Å². The molecule has 1 atom stereocenters. The highest BCUT2D eigenvalue weighted by Gasteiger charge is 2.26. The molecular formula is C9H13BrN2O2S3. The number of rotatable bonds is 5. The summed E-state index contributed by atoms with van der Waals surface area (Å²) in [6, 6.07) is 1.71. The van der Waals surface area contributed by atoms with E-state index >= 15 is 0 Å². The van der Waals surface area contributed by atoms with Crippen molar-refractivity contribution in [2.24, 2.45) is 11.7 Å². The van der Waals surface area contributed by atoms with Crippen LogP contribution in [0.2, 0.25) is 0 Å². The van der Waals surface area contributed by atoms with Gasteiger partial charge >= 0.3 is 0 Å². The highest BCUT2D eigenvalue weighted by Crippen LogP contribution is 2.29. The minimum absolute atomic E-state index is 0.150. The first-order valence-electron chi connectivity index (χ1n) is 4.75. The van der Waals surface area contributed by atoms with Crippen molar-refractivity contribution in [3.05, 3.63) is 15.9 Å². The van der Waals surface area contributed by atoms with Gasteiger partial charge in [0.2, 0.25) is 0 Å². The molecule has 4 nitrogen and oxygen atoms in total. The summed E-state index contributed by atoms with van der Waals surface area (Å²) in [6.45, 7) is 2.08. The number of nitrogens with two attached hydrogens (primary N) is 1. The Balaban J connectivity index is 2.93. The fourth-order valence-corrected chi connectivity index (χ4v) is 5.02. The number of hydrogen-bond donors (Lipinski definition) is 1. The van der Waals surface area contributed by atoms with Gasteiger partial charge < -0.3 is 5.73 Å². The molecule has 0 aliphatic rings. The Hall–Kier alpha value is -0.0200. The van der Waals surface area contributed by atoms with E-state index in [9.17, 15) is 8.42 Å². The molecule has 1 unspecified atom stereocenters. The van der Waals surface area contributed by atoms with Crippen molar-refractivity contribution in [1.29, 1.82) is 0 Å². The summed E-state index contributed by atoms with van der Waals surface area (Å²) < 4.78 is 26.5. The van der Waals surface area contributed by atoms with E-state index in [1.54, 1.807) is 18.4 Å². The van der Waals surface area contributed by atoms with Gasteiger partial charge in [0.25, 0.3) is 10.0 Å². The Bertz CT molecular complexity index is 512. The Labute approximate surface area is 119 Å². The summed E-state index contributed by atoms with van der Waals surface area (Å²) in [5.41, 5.74) is 5.48. The number of sulfonamides is 1. The number of thiophene rings is 1. The van der Waals surface area contributed by atoms with E-state index < -0.39 is 10.0 Å². The second kappa shape index (κ2) is 5.75. The van der Waals surface area contributed by atoms with Crippen molar-refractivity contribution in [3.8, 4) is 0 Å². The van der Waals surface area contributed by atoms with Crippen LogP contribution in [0.25, 0.3) is 0 Å². The second-order valence-electron chi connectivity index (χ2n) is 3.64. The molecule has 0 bridgehead atoms. The average Bonchev–Trinajstić information content (AvgIpc) is 2.64. The maximum atomic E-state index is 12.2. The summed E-state index contributed by atoms with van der Waals surface area (Å²) in [5.74, 6) is -0.150. The monoisotopic (exact) mass is 356 g/mol. The molecule has 0 saturated heterocycles. The second-order valence-corrected chi connectivity index (χ2v) is 8.13. The van der Waals surface area contributed by atoms with Gasteiger partial charge in [-0.05, 0) is 27.4 Å². The van der Waals surface area contributed by atoms with Crippen molar-refractivity contribution < 1.29 is 8.42 Å². The van der Waals surface area contributed by atoms with Gasteiger partial charge in [0.15, 0.2) is 0 Å². The van der Waals surface area contributed by atoms with E-state index in [1.165, 1.54) is 22.7 Å². The van der Waals surface area contributed by atoms with Crippen molar-refractivity contribution in [2.45, 2.75) is 11.1 Å². The molecular weight excluding hydrogens is 344 g/mol. The smallest absolute Gasteiger partial charge is 0.253 e. The normalized spacial score (nSPS) is 13.9. The standard InChI is InChI=1S/C9H13BrN2O2S3/c1-6(8(11)15)5-12(2)17(13,14)9-7(10)3-4-16-9/h3-4,6H,5H2,1-2H3,(H2,11,15). The average molecular weight is 357 g/mol. The molecule has 1 aromatic heterocycles. The van der Waals surface area contributed by atoms with Crippen LogP contribution in [0.4, 0.5) is 0 Å². The fraction of sp³-hybridized carbons (Fsp3) is 0.444. The molecule has 2 N–H and O–H groups in total. The van der Waals surface area contributed by atoms with Crippen LogP contribution in [0, 0.1) is 5.92 Å². The van der Waals surface area contributed by atoms with Crippen LogP contribution < -0.4 is 5.73 Å². The molecule has 0 aromatic carbocycles. The van der Waals surface area contributed by atoms with Crippen molar-refractivity contribution in [3.63, 3.8) is 0 Å².